The van der Waals surface area contributed by atoms with E-state index >= 15 is 0 Å². The molecule has 0 saturated carbocycles. The Bertz CT molecular complexity index is 380. The van der Waals surface area contributed by atoms with Crippen molar-refractivity contribution in [3.8, 4) is 11.5 Å². The maximum Gasteiger partial charge on any atom is 0.161 e. The average molecular weight is 288 g/mol. The van der Waals surface area contributed by atoms with Crippen LogP contribution in [0, 0.1) is 6.92 Å². The Balaban J connectivity index is 3.29. The Labute approximate surface area is 105 Å². The normalized spacial score (nSPS) is 12.6. The van der Waals surface area contributed by atoms with E-state index in [9.17, 15) is 5.11 Å². The minimum Gasteiger partial charge on any atom is -0.504 e. The largest absolute Gasteiger partial charge is 0.504 e. The maximum absolute atomic E-state index is 10.1. The molecule has 0 aliphatic rings. The molecule has 0 heterocycles. The number of nitrogens with two attached hydrogens (primary N) is 1. The zero-order valence-electron chi connectivity index (χ0n) is 9.88. The van der Waals surface area contributed by atoms with Crippen LogP contribution in [0.25, 0.3) is 0 Å². The maximum atomic E-state index is 10.1. The SMILES string of the molecule is COc1cc(Br)c(C)c(C(C)CCN)c1O. The molecule has 0 spiro atoms. The number of halogens is 1. The van der Waals surface area contributed by atoms with E-state index in [4.69, 9.17) is 10.5 Å². The number of phenols is 1. The highest BCUT2D eigenvalue weighted by atomic mass is 79.9. The fourth-order valence-electron chi connectivity index (χ4n) is 1.88. The predicted octanol–water partition coefficient (Wildman–Crippen LogP) is 2.92. The van der Waals surface area contributed by atoms with Crippen molar-refractivity contribution >= 4 is 15.9 Å². The first kappa shape index (κ1) is 13.3. The molecule has 0 aliphatic carbocycles. The van der Waals surface area contributed by atoms with Crippen molar-refractivity contribution in [2.45, 2.75) is 26.2 Å². The van der Waals surface area contributed by atoms with E-state index in [0.29, 0.717) is 12.3 Å². The number of benzene rings is 1. The van der Waals surface area contributed by atoms with Gasteiger partial charge >= 0.3 is 0 Å². The van der Waals surface area contributed by atoms with E-state index in [1.165, 1.54) is 0 Å². The van der Waals surface area contributed by atoms with Crippen LogP contribution in [0.4, 0.5) is 0 Å². The van der Waals surface area contributed by atoms with E-state index in [2.05, 4.69) is 22.9 Å². The zero-order valence-corrected chi connectivity index (χ0v) is 11.5. The summed E-state index contributed by atoms with van der Waals surface area (Å²) in [7, 11) is 1.55. The van der Waals surface area contributed by atoms with E-state index in [0.717, 1.165) is 22.0 Å². The van der Waals surface area contributed by atoms with Gasteiger partial charge in [0.2, 0.25) is 0 Å². The van der Waals surface area contributed by atoms with Crippen LogP contribution in [0.5, 0.6) is 11.5 Å². The van der Waals surface area contributed by atoms with E-state index in [1.54, 1.807) is 13.2 Å². The number of hydrogen-bond donors (Lipinski definition) is 2. The molecule has 1 rings (SSSR count). The van der Waals surface area contributed by atoms with E-state index in [1.807, 2.05) is 6.92 Å². The predicted molar refractivity (Wildman–Crippen MR) is 69.2 cm³/mol. The Morgan fingerprint density at radius 2 is 2.19 bits per heavy atom. The van der Waals surface area contributed by atoms with Crippen molar-refractivity contribution in [1.29, 1.82) is 0 Å². The number of ether oxygens (including phenoxy) is 1. The van der Waals surface area contributed by atoms with Crippen molar-refractivity contribution in [1.82, 2.24) is 0 Å². The second-order valence-electron chi connectivity index (χ2n) is 3.93. The monoisotopic (exact) mass is 287 g/mol. The third-order valence-corrected chi connectivity index (χ3v) is 3.64. The van der Waals surface area contributed by atoms with Crippen LogP contribution in [0.15, 0.2) is 10.5 Å². The van der Waals surface area contributed by atoms with Crippen molar-refractivity contribution in [3.63, 3.8) is 0 Å². The first-order chi connectivity index (χ1) is 7.52. The van der Waals surface area contributed by atoms with Gasteiger partial charge in [-0.15, -0.1) is 0 Å². The van der Waals surface area contributed by atoms with Crippen LogP contribution >= 0.6 is 15.9 Å². The third-order valence-electron chi connectivity index (χ3n) is 2.82. The quantitative estimate of drug-likeness (QED) is 0.895. The molecule has 0 bridgehead atoms. The summed E-state index contributed by atoms with van der Waals surface area (Å²) in [5.74, 6) is 0.942. The fourth-order valence-corrected chi connectivity index (χ4v) is 2.31. The zero-order chi connectivity index (χ0) is 12.3. The summed E-state index contributed by atoms with van der Waals surface area (Å²) in [6.07, 6.45) is 0.841. The van der Waals surface area contributed by atoms with Gasteiger partial charge in [-0.3, -0.25) is 0 Å². The number of methoxy groups -OCH3 is 1. The van der Waals surface area contributed by atoms with E-state index in [-0.39, 0.29) is 11.7 Å². The topological polar surface area (TPSA) is 55.5 Å². The van der Waals surface area contributed by atoms with E-state index < -0.39 is 0 Å². The molecule has 1 aromatic carbocycles. The second-order valence-corrected chi connectivity index (χ2v) is 4.78. The lowest BCUT2D eigenvalue weighted by Gasteiger charge is -2.18. The van der Waals surface area contributed by atoms with Gasteiger partial charge in [0.1, 0.15) is 0 Å². The van der Waals surface area contributed by atoms with Crippen LogP contribution in [-0.2, 0) is 0 Å². The molecule has 3 N–H and O–H groups in total. The highest BCUT2D eigenvalue weighted by Gasteiger charge is 2.18. The van der Waals surface area contributed by atoms with Crippen LogP contribution in [0.2, 0.25) is 0 Å². The van der Waals surface area contributed by atoms with Gasteiger partial charge in [0.25, 0.3) is 0 Å². The molecule has 3 nitrogen and oxygen atoms in total. The van der Waals surface area contributed by atoms with Gasteiger partial charge in [-0.2, -0.15) is 0 Å². The molecule has 0 fully saturated rings. The first-order valence-corrected chi connectivity index (χ1v) is 6.08. The summed E-state index contributed by atoms with van der Waals surface area (Å²) >= 11 is 3.47. The summed E-state index contributed by atoms with van der Waals surface area (Å²) in [6.45, 7) is 4.64. The Morgan fingerprint density at radius 3 is 2.69 bits per heavy atom. The minimum absolute atomic E-state index is 0.219. The molecule has 1 aromatic rings. The fraction of sp³-hybridized carbons (Fsp3) is 0.500. The summed E-state index contributed by atoms with van der Waals surface area (Å²) in [5, 5.41) is 10.1. The number of aromatic hydroxyl groups is 1. The lowest BCUT2D eigenvalue weighted by molar-refractivity contribution is 0.367. The van der Waals surface area contributed by atoms with Gasteiger partial charge in [0.15, 0.2) is 11.5 Å². The molecule has 16 heavy (non-hydrogen) atoms. The molecule has 0 radical (unpaired) electrons. The minimum atomic E-state index is 0.219. The van der Waals surface area contributed by atoms with Crippen molar-refractivity contribution in [3.05, 3.63) is 21.7 Å². The Kier molecular flexibility index (Phi) is 4.62. The Hall–Kier alpha value is -0.740. The smallest absolute Gasteiger partial charge is 0.161 e. The average Bonchev–Trinajstić information content (AvgIpc) is 2.24. The lowest BCUT2D eigenvalue weighted by Crippen LogP contribution is -2.07. The van der Waals surface area contributed by atoms with Crippen molar-refractivity contribution in [2.75, 3.05) is 13.7 Å². The third kappa shape index (κ3) is 2.50. The molecule has 0 saturated heterocycles. The molecule has 1 unspecified atom stereocenters. The van der Waals surface area contributed by atoms with Crippen LogP contribution in [0.3, 0.4) is 0 Å². The molecule has 4 heteroatoms. The highest BCUT2D eigenvalue weighted by molar-refractivity contribution is 9.10. The highest BCUT2D eigenvalue weighted by Crippen LogP contribution is 2.41. The molecule has 90 valence electrons. The number of rotatable bonds is 4. The Morgan fingerprint density at radius 1 is 1.56 bits per heavy atom. The number of phenolic OH excluding ortho intramolecular Hbond substituents is 1. The van der Waals surface area contributed by atoms with Gasteiger partial charge < -0.3 is 15.6 Å². The van der Waals surface area contributed by atoms with Gasteiger partial charge in [-0.05, 0) is 37.4 Å². The van der Waals surface area contributed by atoms with Crippen molar-refractivity contribution in [2.24, 2.45) is 5.73 Å². The van der Waals surface area contributed by atoms with Crippen LogP contribution in [-0.4, -0.2) is 18.8 Å². The summed E-state index contributed by atoms with van der Waals surface area (Å²) in [4.78, 5) is 0. The summed E-state index contributed by atoms with van der Waals surface area (Å²) in [6, 6.07) is 1.78. The molecule has 0 aliphatic heterocycles. The molecular formula is C12H18BrNO2. The summed E-state index contributed by atoms with van der Waals surface area (Å²) in [5.41, 5.74) is 7.51. The van der Waals surface area contributed by atoms with Crippen LogP contribution in [0.1, 0.15) is 30.4 Å². The second kappa shape index (κ2) is 5.55. The van der Waals surface area contributed by atoms with Crippen molar-refractivity contribution < 1.29 is 9.84 Å². The van der Waals surface area contributed by atoms with Gasteiger partial charge in [0, 0.05) is 10.0 Å². The number of hydrogen-bond acceptors (Lipinski definition) is 3. The van der Waals surface area contributed by atoms with Gasteiger partial charge in [-0.1, -0.05) is 22.9 Å². The first-order valence-electron chi connectivity index (χ1n) is 5.28. The standard InChI is InChI=1S/C12H18BrNO2/c1-7(4-5-14)11-8(2)9(13)6-10(16-3)12(11)15/h6-7,15H,4-5,14H2,1-3H3. The summed E-state index contributed by atoms with van der Waals surface area (Å²) < 4.78 is 6.08. The lowest BCUT2D eigenvalue weighted by atomic mass is 9.92. The van der Waals surface area contributed by atoms with Gasteiger partial charge in [-0.25, -0.2) is 0 Å². The van der Waals surface area contributed by atoms with Gasteiger partial charge in [0.05, 0.1) is 7.11 Å². The van der Waals surface area contributed by atoms with Crippen LogP contribution < -0.4 is 10.5 Å². The molecule has 0 amide bonds. The molecular weight excluding hydrogens is 270 g/mol. The molecule has 1 atom stereocenters. The molecule has 0 aromatic heterocycles.